The summed E-state index contributed by atoms with van der Waals surface area (Å²) in [5.41, 5.74) is -1.15. The predicted molar refractivity (Wildman–Crippen MR) is 94.5 cm³/mol. The van der Waals surface area contributed by atoms with Gasteiger partial charge in [-0.1, -0.05) is 6.92 Å². The van der Waals surface area contributed by atoms with Crippen LogP contribution in [-0.2, 0) is 4.79 Å². The standard InChI is InChI=1S/C20H26F2N2O2/c1-14-13-19(26-17-3-2-15(21)12-16(14)17)6-10-24(11-7-19)18(25)20(22)4-8-23-9-5-20/h2-3,12,14,23H,4-11,13H2,1H3. The van der Waals surface area contributed by atoms with Crippen LogP contribution in [0.4, 0.5) is 8.78 Å². The lowest BCUT2D eigenvalue weighted by Crippen LogP contribution is -2.57. The van der Waals surface area contributed by atoms with E-state index in [4.69, 9.17) is 4.74 Å². The zero-order chi connectivity index (χ0) is 18.4. The van der Waals surface area contributed by atoms with E-state index in [-0.39, 0.29) is 36.1 Å². The Morgan fingerprint density at radius 2 is 1.92 bits per heavy atom. The summed E-state index contributed by atoms with van der Waals surface area (Å²) in [5.74, 6) is 0.338. The van der Waals surface area contributed by atoms with Gasteiger partial charge in [0.25, 0.3) is 5.91 Å². The van der Waals surface area contributed by atoms with Crippen LogP contribution in [0.2, 0.25) is 0 Å². The smallest absolute Gasteiger partial charge is 0.260 e. The zero-order valence-corrected chi connectivity index (χ0v) is 15.2. The van der Waals surface area contributed by atoms with Gasteiger partial charge in [0.15, 0.2) is 5.67 Å². The molecule has 1 amide bonds. The number of nitrogens with one attached hydrogen (secondary N) is 1. The first-order valence-corrected chi connectivity index (χ1v) is 9.58. The van der Waals surface area contributed by atoms with Crippen LogP contribution >= 0.6 is 0 Å². The Hall–Kier alpha value is -1.69. The molecule has 3 aliphatic rings. The number of piperidine rings is 2. The van der Waals surface area contributed by atoms with Gasteiger partial charge >= 0.3 is 0 Å². The molecule has 26 heavy (non-hydrogen) atoms. The number of fused-ring (bicyclic) bond motifs is 1. The van der Waals surface area contributed by atoms with Crippen LogP contribution in [0.3, 0.4) is 0 Å². The Morgan fingerprint density at radius 1 is 1.23 bits per heavy atom. The lowest BCUT2D eigenvalue weighted by atomic mass is 9.78. The fourth-order valence-corrected chi connectivity index (χ4v) is 4.68. The topological polar surface area (TPSA) is 41.6 Å². The first kappa shape index (κ1) is 17.7. The van der Waals surface area contributed by atoms with Crippen LogP contribution in [0, 0.1) is 5.82 Å². The summed E-state index contributed by atoms with van der Waals surface area (Å²) in [6, 6.07) is 4.67. The van der Waals surface area contributed by atoms with Gasteiger partial charge in [0.2, 0.25) is 0 Å². The van der Waals surface area contributed by atoms with E-state index in [1.165, 1.54) is 6.07 Å². The highest BCUT2D eigenvalue weighted by atomic mass is 19.1. The molecule has 3 aliphatic heterocycles. The third kappa shape index (κ3) is 3.08. The van der Waals surface area contributed by atoms with Gasteiger partial charge in [-0.2, -0.15) is 0 Å². The molecule has 2 saturated heterocycles. The van der Waals surface area contributed by atoms with Crippen molar-refractivity contribution in [3.63, 3.8) is 0 Å². The molecule has 2 fully saturated rings. The normalized spacial score (nSPS) is 26.9. The van der Waals surface area contributed by atoms with Gasteiger partial charge < -0.3 is 15.0 Å². The first-order valence-electron chi connectivity index (χ1n) is 9.58. The Kier molecular flexibility index (Phi) is 4.41. The van der Waals surface area contributed by atoms with Crippen molar-refractivity contribution in [3.05, 3.63) is 29.6 Å². The highest BCUT2D eigenvalue weighted by molar-refractivity contribution is 5.85. The predicted octanol–water partition coefficient (Wildman–Crippen LogP) is 3.16. The van der Waals surface area contributed by atoms with Gasteiger partial charge in [-0.05, 0) is 43.6 Å². The molecule has 3 heterocycles. The minimum atomic E-state index is -1.72. The lowest BCUT2D eigenvalue weighted by molar-refractivity contribution is -0.150. The number of halogens is 2. The number of hydrogen-bond donors (Lipinski definition) is 1. The average Bonchev–Trinajstić information content (AvgIpc) is 2.63. The van der Waals surface area contributed by atoms with Crippen molar-refractivity contribution in [2.75, 3.05) is 26.2 Å². The van der Waals surface area contributed by atoms with E-state index in [0.717, 1.165) is 17.7 Å². The van der Waals surface area contributed by atoms with Crippen LogP contribution in [0.5, 0.6) is 5.75 Å². The van der Waals surface area contributed by atoms with Crippen molar-refractivity contribution in [2.45, 2.75) is 56.2 Å². The van der Waals surface area contributed by atoms with Gasteiger partial charge in [0.1, 0.15) is 17.2 Å². The van der Waals surface area contributed by atoms with Crippen molar-refractivity contribution in [1.82, 2.24) is 10.2 Å². The third-order valence-corrected chi connectivity index (χ3v) is 6.25. The molecule has 1 unspecified atom stereocenters. The number of amides is 1. The summed E-state index contributed by atoms with van der Waals surface area (Å²) in [6.45, 7) is 4.22. The molecular formula is C20H26F2N2O2. The average molecular weight is 364 g/mol. The van der Waals surface area contributed by atoms with E-state index in [9.17, 15) is 13.6 Å². The number of alkyl halides is 1. The summed E-state index contributed by atoms with van der Waals surface area (Å²) in [5, 5.41) is 3.11. The minimum absolute atomic E-state index is 0.202. The highest BCUT2D eigenvalue weighted by Crippen LogP contribution is 2.45. The molecule has 4 rings (SSSR count). The number of rotatable bonds is 1. The molecule has 1 aromatic carbocycles. The van der Waals surface area contributed by atoms with E-state index >= 15 is 0 Å². The summed E-state index contributed by atoms with van der Waals surface area (Å²) in [7, 11) is 0. The van der Waals surface area contributed by atoms with Gasteiger partial charge in [-0.25, -0.2) is 8.78 Å². The van der Waals surface area contributed by atoms with Crippen LogP contribution < -0.4 is 10.1 Å². The summed E-state index contributed by atoms with van der Waals surface area (Å²) < 4.78 is 34.8. The second kappa shape index (κ2) is 6.48. The summed E-state index contributed by atoms with van der Waals surface area (Å²) >= 11 is 0. The highest BCUT2D eigenvalue weighted by Gasteiger charge is 2.47. The number of carbonyl (C=O) groups is 1. The number of likely N-dealkylation sites (tertiary alicyclic amines) is 1. The Balaban J connectivity index is 1.45. The Labute approximate surface area is 152 Å². The van der Waals surface area contributed by atoms with Gasteiger partial charge in [-0.3, -0.25) is 4.79 Å². The molecule has 1 atom stereocenters. The second-order valence-corrected chi connectivity index (χ2v) is 8.08. The minimum Gasteiger partial charge on any atom is -0.487 e. The van der Waals surface area contributed by atoms with Crippen molar-refractivity contribution in [1.29, 1.82) is 0 Å². The van der Waals surface area contributed by atoms with Crippen molar-refractivity contribution in [2.24, 2.45) is 0 Å². The third-order valence-electron chi connectivity index (χ3n) is 6.25. The van der Waals surface area contributed by atoms with E-state index in [0.29, 0.717) is 39.0 Å². The van der Waals surface area contributed by atoms with Crippen molar-refractivity contribution in [3.8, 4) is 5.75 Å². The number of nitrogens with zero attached hydrogens (tertiary/aromatic N) is 1. The Bertz CT molecular complexity index is 695. The fourth-order valence-electron chi connectivity index (χ4n) is 4.68. The molecular weight excluding hydrogens is 338 g/mol. The number of ether oxygens (including phenoxy) is 1. The van der Waals surface area contributed by atoms with Crippen LogP contribution in [-0.4, -0.2) is 48.3 Å². The van der Waals surface area contributed by atoms with Crippen molar-refractivity contribution >= 4 is 5.91 Å². The molecule has 0 aromatic heterocycles. The molecule has 1 aromatic rings. The monoisotopic (exact) mass is 364 g/mol. The van der Waals surface area contributed by atoms with E-state index in [1.54, 1.807) is 17.0 Å². The molecule has 0 bridgehead atoms. The van der Waals surface area contributed by atoms with E-state index in [1.807, 2.05) is 0 Å². The number of hydrogen-bond acceptors (Lipinski definition) is 3. The quantitative estimate of drug-likeness (QED) is 0.832. The summed E-state index contributed by atoms with van der Waals surface area (Å²) in [4.78, 5) is 14.4. The van der Waals surface area contributed by atoms with Gasteiger partial charge in [0, 0.05) is 44.3 Å². The van der Waals surface area contributed by atoms with Crippen molar-refractivity contribution < 1.29 is 18.3 Å². The van der Waals surface area contributed by atoms with E-state index < -0.39 is 5.67 Å². The lowest BCUT2D eigenvalue weighted by Gasteiger charge is -2.47. The molecule has 0 radical (unpaired) electrons. The van der Waals surface area contributed by atoms with Gasteiger partial charge in [-0.15, -0.1) is 0 Å². The molecule has 0 aliphatic carbocycles. The largest absolute Gasteiger partial charge is 0.487 e. The fraction of sp³-hybridized carbons (Fsp3) is 0.650. The molecule has 4 nitrogen and oxygen atoms in total. The van der Waals surface area contributed by atoms with Crippen LogP contribution in [0.25, 0.3) is 0 Å². The van der Waals surface area contributed by atoms with Gasteiger partial charge in [0.05, 0.1) is 0 Å². The van der Waals surface area contributed by atoms with Crippen LogP contribution in [0.15, 0.2) is 18.2 Å². The van der Waals surface area contributed by atoms with Crippen LogP contribution in [0.1, 0.15) is 50.5 Å². The van der Waals surface area contributed by atoms with E-state index in [2.05, 4.69) is 12.2 Å². The number of carbonyl (C=O) groups excluding carboxylic acids is 1. The zero-order valence-electron chi connectivity index (χ0n) is 15.2. The molecule has 1 spiro atoms. The molecule has 1 N–H and O–H groups in total. The first-order chi connectivity index (χ1) is 12.4. The molecule has 0 saturated carbocycles. The Morgan fingerprint density at radius 3 is 2.62 bits per heavy atom. The maximum Gasteiger partial charge on any atom is 0.260 e. The molecule has 142 valence electrons. The summed E-state index contributed by atoms with van der Waals surface area (Å²) in [6.07, 6.45) is 2.68. The maximum absolute atomic E-state index is 15.0. The number of benzene rings is 1. The maximum atomic E-state index is 15.0. The SMILES string of the molecule is CC1CC2(CCN(C(=O)C3(F)CCNCC3)CC2)Oc2ccc(F)cc21. The second-order valence-electron chi connectivity index (χ2n) is 8.08. The molecule has 6 heteroatoms.